The Labute approximate surface area is 192 Å². The van der Waals surface area contributed by atoms with Gasteiger partial charge in [0.2, 0.25) is 15.9 Å². The molecular weight excluding hydrogens is 469 g/mol. The highest BCUT2D eigenvalue weighted by atomic mass is 32.2. The predicted molar refractivity (Wildman–Crippen MR) is 120 cm³/mol. The number of hydrazone groups is 1. The number of carbonyl (C=O) groups is 1. The lowest BCUT2D eigenvalue weighted by Gasteiger charge is -2.31. The Morgan fingerprint density at radius 1 is 1.18 bits per heavy atom. The molecule has 4 rings (SSSR count). The van der Waals surface area contributed by atoms with Crippen LogP contribution in [-0.4, -0.2) is 51.6 Å². The number of benzene rings is 2. The monoisotopic (exact) mass is 493 g/mol. The van der Waals surface area contributed by atoms with E-state index in [1.807, 2.05) is 6.92 Å². The van der Waals surface area contributed by atoms with Gasteiger partial charge in [-0.05, 0) is 50.1 Å². The molecule has 176 valence electrons. The fraction of sp³-hybridized carbons (Fsp3) is 0.364. The maximum absolute atomic E-state index is 13.7. The van der Waals surface area contributed by atoms with E-state index < -0.39 is 37.5 Å². The number of nitrogens with zero attached hydrogens (tertiary/aromatic N) is 2. The third-order valence-electron chi connectivity index (χ3n) is 5.91. The average Bonchev–Trinajstić information content (AvgIpc) is 2.78. The summed E-state index contributed by atoms with van der Waals surface area (Å²) in [5, 5.41) is 4.08. The van der Waals surface area contributed by atoms with E-state index in [0.29, 0.717) is 19.4 Å². The van der Waals surface area contributed by atoms with Crippen LogP contribution < -0.4 is 5.43 Å². The summed E-state index contributed by atoms with van der Waals surface area (Å²) in [6.07, 6.45) is 1.06. The van der Waals surface area contributed by atoms with Gasteiger partial charge in [0, 0.05) is 25.1 Å². The van der Waals surface area contributed by atoms with Crippen LogP contribution in [0.2, 0.25) is 0 Å². The van der Waals surface area contributed by atoms with Crippen LogP contribution in [-0.2, 0) is 24.7 Å². The number of piperidine rings is 1. The lowest BCUT2D eigenvalue weighted by molar-refractivity contribution is -0.126. The summed E-state index contributed by atoms with van der Waals surface area (Å²) in [7, 11) is -7.27. The van der Waals surface area contributed by atoms with Crippen LogP contribution in [0.4, 0.5) is 4.39 Å². The molecule has 1 atom stereocenters. The maximum Gasteiger partial charge on any atom is 0.244 e. The van der Waals surface area contributed by atoms with E-state index in [1.54, 1.807) is 24.3 Å². The van der Waals surface area contributed by atoms with Crippen LogP contribution in [0.3, 0.4) is 0 Å². The fourth-order valence-corrected chi connectivity index (χ4v) is 7.03. The van der Waals surface area contributed by atoms with Crippen molar-refractivity contribution in [1.82, 2.24) is 9.73 Å². The molecule has 2 aliphatic heterocycles. The van der Waals surface area contributed by atoms with E-state index in [2.05, 4.69) is 10.5 Å². The molecule has 1 unspecified atom stereocenters. The molecule has 2 heterocycles. The number of halogens is 1. The van der Waals surface area contributed by atoms with Gasteiger partial charge in [-0.1, -0.05) is 17.7 Å². The average molecular weight is 494 g/mol. The molecular formula is C22H24FN3O5S2. The maximum atomic E-state index is 13.7. The number of hydrogen-bond donors (Lipinski definition) is 1. The van der Waals surface area contributed by atoms with E-state index in [-0.39, 0.29) is 39.8 Å². The highest BCUT2D eigenvalue weighted by molar-refractivity contribution is 7.91. The molecule has 0 saturated carbocycles. The number of sulfonamides is 1. The van der Waals surface area contributed by atoms with Crippen molar-refractivity contribution in [3.63, 3.8) is 0 Å². The summed E-state index contributed by atoms with van der Waals surface area (Å²) in [6.45, 7) is 2.21. The molecule has 11 heteroatoms. The lowest BCUT2D eigenvalue weighted by atomic mass is 9.99. The van der Waals surface area contributed by atoms with Crippen molar-refractivity contribution in [3.8, 4) is 0 Å². The van der Waals surface area contributed by atoms with E-state index in [1.165, 1.54) is 10.4 Å². The number of nitrogens with one attached hydrogen (secondary N) is 1. The third kappa shape index (κ3) is 4.85. The van der Waals surface area contributed by atoms with E-state index in [0.717, 1.165) is 17.7 Å². The second kappa shape index (κ2) is 8.96. The summed E-state index contributed by atoms with van der Waals surface area (Å²) in [6, 6.07) is 9.91. The number of amides is 1. The molecule has 8 nitrogen and oxygen atoms in total. The van der Waals surface area contributed by atoms with E-state index >= 15 is 0 Å². The highest BCUT2D eigenvalue weighted by Crippen LogP contribution is 2.27. The highest BCUT2D eigenvalue weighted by Gasteiger charge is 2.34. The Morgan fingerprint density at radius 3 is 2.64 bits per heavy atom. The van der Waals surface area contributed by atoms with Crippen molar-refractivity contribution in [3.05, 3.63) is 59.4 Å². The first-order chi connectivity index (χ1) is 15.6. The van der Waals surface area contributed by atoms with E-state index in [9.17, 15) is 26.0 Å². The van der Waals surface area contributed by atoms with Gasteiger partial charge in [-0.25, -0.2) is 26.7 Å². The standard InChI is InChI=1S/C22H24FN3O5S2/c1-15-4-7-18(8-5-15)33(30,31)26-11-2-3-16(14-26)22(27)25-24-20-10-12-32(28,29)21-9-6-17(23)13-19(20)21/h4-9,13,16H,2-3,10-12,14H2,1H3,(H,25,27)/b24-20+. The smallest absolute Gasteiger partial charge is 0.244 e. The summed E-state index contributed by atoms with van der Waals surface area (Å²) >= 11 is 0. The third-order valence-corrected chi connectivity index (χ3v) is 9.56. The normalized spacial score (nSPS) is 22.0. The molecule has 1 amide bonds. The second-order valence-electron chi connectivity index (χ2n) is 8.26. The van der Waals surface area contributed by atoms with Crippen molar-refractivity contribution in [2.75, 3.05) is 18.8 Å². The first-order valence-electron chi connectivity index (χ1n) is 10.5. The summed E-state index contributed by atoms with van der Waals surface area (Å²) in [5.74, 6) is -1.86. The minimum Gasteiger partial charge on any atom is -0.273 e. The van der Waals surface area contributed by atoms with Crippen molar-refractivity contribution in [2.24, 2.45) is 11.0 Å². The van der Waals surface area contributed by atoms with E-state index in [4.69, 9.17) is 0 Å². The van der Waals surface area contributed by atoms with Crippen LogP contribution in [0, 0.1) is 18.7 Å². The first-order valence-corrected chi connectivity index (χ1v) is 13.6. The number of aryl methyl sites for hydroxylation is 1. The Kier molecular flexibility index (Phi) is 6.39. The predicted octanol–water partition coefficient (Wildman–Crippen LogP) is 2.23. The van der Waals surface area contributed by atoms with Crippen molar-refractivity contribution >= 4 is 31.5 Å². The van der Waals surface area contributed by atoms with Crippen molar-refractivity contribution in [2.45, 2.75) is 36.0 Å². The van der Waals surface area contributed by atoms with Crippen LogP contribution in [0.15, 0.2) is 57.4 Å². The number of hydrogen-bond acceptors (Lipinski definition) is 6. The van der Waals surface area contributed by atoms with Gasteiger partial charge in [0.15, 0.2) is 9.84 Å². The Balaban J connectivity index is 1.50. The number of sulfone groups is 1. The zero-order chi connectivity index (χ0) is 23.8. The SMILES string of the molecule is Cc1ccc(S(=O)(=O)N2CCCC(C(=O)N/N=C3\CCS(=O)(=O)c4ccc(F)cc43)C2)cc1. The van der Waals surface area contributed by atoms with Gasteiger partial charge in [-0.15, -0.1) is 0 Å². The summed E-state index contributed by atoms with van der Waals surface area (Å²) in [4.78, 5) is 12.9. The zero-order valence-electron chi connectivity index (χ0n) is 18.0. The van der Waals surface area contributed by atoms with Gasteiger partial charge in [0.1, 0.15) is 5.82 Å². The molecule has 0 aromatic heterocycles. The molecule has 2 aromatic rings. The van der Waals surface area contributed by atoms with Gasteiger partial charge < -0.3 is 0 Å². The summed E-state index contributed by atoms with van der Waals surface area (Å²) in [5.41, 5.74) is 3.79. The van der Waals surface area contributed by atoms with Crippen molar-refractivity contribution in [1.29, 1.82) is 0 Å². The van der Waals surface area contributed by atoms with Crippen LogP contribution in [0.25, 0.3) is 0 Å². The molecule has 1 fully saturated rings. The lowest BCUT2D eigenvalue weighted by Crippen LogP contribution is -2.44. The second-order valence-corrected chi connectivity index (χ2v) is 12.3. The molecule has 0 aliphatic carbocycles. The van der Waals surface area contributed by atoms with Gasteiger partial charge in [0.25, 0.3) is 0 Å². The number of rotatable bonds is 4. The van der Waals surface area contributed by atoms with Crippen LogP contribution in [0.1, 0.15) is 30.4 Å². The molecule has 2 aliphatic rings. The molecule has 0 bridgehead atoms. The molecule has 1 saturated heterocycles. The largest absolute Gasteiger partial charge is 0.273 e. The molecule has 2 aromatic carbocycles. The molecule has 33 heavy (non-hydrogen) atoms. The molecule has 1 N–H and O–H groups in total. The molecule has 0 spiro atoms. The minimum absolute atomic E-state index is 0.0174. The minimum atomic E-state index is -3.73. The molecule has 0 radical (unpaired) electrons. The number of carbonyl (C=O) groups excluding carboxylic acids is 1. The quantitative estimate of drug-likeness (QED) is 0.518. The van der Waals surface area contributed by atoms with Crippen molar-refractivity contribution < 1.29 is 26.0 Å². The Morgan fingerprint density at radius 2 is 1.91 bits per heavy atom. The first kappa shape index (κ1) is 23.5. The van der Waals surface area contributed by atoms with Crippen LogP contribution >= 0.6 is 0 Å². The fourth-order valence-electron chi connectivity index (χ4n) is 4.04. The number of fused-ring (bicyclic) bond motifs is 1. The van der Waals surface area contributed by atoms with Gasteiger partial charge in [-0.2, -0.15) is 9.41 Å². The summed E-state index contributed by atoms with van der Waals surface area (Å²) < 4.78 is 65.5. The Hall–Kier alpha value is -2.63. The topological polar surface area (TPSA) is 113 Å². The zero-order valence-corrected chi connectivity index (χ0v) is 19.6. The Bertz CT molecular complexity index is 1320. The van der Waals surface area contributed by atoms with Gasteiger partial charge in [-0.3, -0.25) is 4.79 Å². The van der Waals surface area contributed by atoms with Gasteiger partial charge >= 0.3 is 0 Å². The van der Waals surface area contributed by atoms with Crippen LogP contribution in [0.5, 0.6) is 0 Å². The van der Waals surface area contributed by atoms with Gasteiger partial charge in [0.05, 0.1) is 27.2 Å².